The summed E-state index contributed by atoms with van der Waals surface area (Å²) < 4.78 is 0. The number of nitrogens with zero attached hydrogens (tertiary/aromatic N) is 2. The van der Waals surface area contributed by atoms with E-state index in [1.54, 1.807) is 0 Å². The van der Waals surface area contributed by atoms with Crippen molar-refractivity contribution >= 4 is 0 Å². The van der Waals surface area contributed by atoms with Gasteiger partial charge in [0, 0.05) is 5.56 Å². The van der Waals surface area contributed by atoms with E-state index in [0.717, 1.165) is 22.8 Å². The number of rotatable bonds is 1. The van der Waals surface area contributed by atoms with Gasteiger partial charge in [0.2, 0.25) is 0 Å². The Morgan fingerprint density at radius 3 is 1.62 bits per heavy atom. The fraction of sp³-hybridized carbons (Fsp3) is 0. The van der Waals surface area contributed by atoms with Gasteiger partial charge in [0.1, 0.15) is 0 Å². The maximum atomic E-state index is 4.51. The Hall–Kier alpha value is -2.22. The van der Waals surface area contributed by atoms with Gasteiger partial charge in [-0.1, -0.05) is 48.5 Å². The molecule has 2 nitrogen and oxygen atoms in total. The normalized spacial score (nSPS) is 10.5. The van der Waals surface area contributed by atoms with E-state index in [-0.39, 0.29) is 0 Å². The number of aromatic nitrogens is 2. The van der Waals surface area contributed by atoms with Crippen LogP contribution in [0.1, 0.15) is 0 Å². The molecule has 1 heterocycles. The first kappa shape index (κ1) is 9.04. The van der Waals surface area contributed by atoms with E-state index >= 15 is 0 Å². The summed E-state index contributed by atoms with van der Waals surface area (Å²) in [5, 5.41) is 0. The molecular formula is C14H10N2. The predicted molar refractivity (Wildman–Crippen MR) is 64.1 cm³/mol. The SMILES string of the molecule is c1ccc(-c2nc3cccccc-3n2)cc1. The molecular weight excluding hydrogens is 196 g/mol. The summed E-state index contributed by atoms with van der Waals surface area (Å²) >= 11 is 0. The van der Waals surface area contributed by atoms with E-state index < -0.39 is 0 Å². The molecule has 2 heteroatoms. The molecule has 0 amide bonds. The van der Waals surface area contributed by atoms with Gasteiger partial charge in [-0.3, -0.25) is 0 Å². The Morgan fingerprint density at radius 2 is 1.06 bits per heavy atom. The average molecular weight is 206 g/mol. The van der Waals surface area contributed by atoms with Gasteiger partial charge in [-0.15, -0.1) is 0 Å². The summed E-state index contributed by atoms with van der Waals surface area (Å²) in [6, 6.07) is 19.9. The van der Waals surface area contributed by atoms with E-state index in [1.807, 2.05) is 60.7 Å². The molecule has 1 aromatic rings. The molecule has 0 atom stereocenters. The van der Waals surface area contributed by atoms with Crippen molar-refractivity contribution in [3.05, 3.63) is 60.7 Å². The molecule has 0 N–H and O–H groups in total. The fourth-order valence-electron chi connectivity index (χ4n) is 1.69. The van der Waals surface area contributed by atoms with Gasteiger partial charge >= 0.3 is 0 Å². The zero-order valence-corrected chi connectivity index (χ0v) is 8.67. The lowest BCUT2D eigenvalue weighted by Crippen LogP contribution is -1.77. The molecule has 0 radical (unpaired) electrons. The Labute approximate surface area is 94.0 Å². The lowest BCUT2D eigenvalue weighted by atomic mass is 10.2. The van der Waals surface area contributed by atoms with Crippen LogP contribution in [0, 0.1) is 0 Å². The van der Waals surface area contributed by atoms with Crippen molar-refractivity contribution in [2.45, 2.75) is 0 Å². The second-order valence-corrected chi connectivity index (χ2v) is 3.59. The highest BCUT2D eigenvalue weighted by Gasteiger charge is 2.09. The van der Waals surface area contributed by atoms with Crippen molar-refractivity contribution in [2.24, 2.45) is 0 Å². The van der Waals surface area contributed by atoms with Crippen LogP contribution in [0.5, 0.6) is 0 Å². The molecule has 3 rings (SSSR count). The summed E-state index contributed by atoms with van der Waals surface area (Å²) in [5.41, 5.74) is 2.93. The molecule has 0 saturated carbocycles. The summed E-state index contributed by atoms with van der Waals surface area (Å²) in [6.07, 6.45) is 0. The highest BCUT2D eigenvalue weighted by Crippen LogP contribution is 2.23. The highest BCUT2D eigenvalue weighted by molar-refractivity contribution is 5.65. The van der Waals surface area contributed by atoms with Crippen molar-refractivity contribution in [3.8, 4) is 22.8 Å². The fourth-order valence-corrected chi connectivity index (χ4v) is 1.69. The molecule has 2 aliphatic rings. The second kappa shape index (κ2) is 3.74. The summed E-state index contributed by atoms with van der Waals surface area (Å²) in [7, 11) is 0. The third kappa shape index (κ3) is 1.54. The number of imidazole rings is 1. The van der Waals surface area contributed by atoms with Gasteiger partial charge in [-0.05, 0) is 12.1 Å². The second-order valence-electron chi connectivity index (χ2n) is 3.59. The van der Waals surface area contributed by atoms with Crippen molar-refractivity contribution in [2.75, 3.05) is 0 Å². The monoisotopic (exact) mass is 206 g/mol. The molecule has 76 valence electrons. The van der Waals surface area contributed by atoms with Crippen LogP contribution < -0.4 is 0 Å². The Bertz CT molecular complexity index is 545. The van der Waals surface area contributed by atoms with Gasteiger partial charge < -0.3 is 0 Å². The molecule has 1 aromatic carbocycles. The van der Waals surface area contributed by atoms with E-state index in [2.05, 4.69) is 9.97 Å². The molecule has 0 spiro atoms. The zero-order valence-electron chi connectivity index (χ0n) is 8.67. The molecule has 0 fully saturated rings. The largest absolute Gasteiger partial charge is 0.226 e. The number of benzene rings is 1. The Morgan fingerprint density at radius 1 is 0.562 bits per heavy atom. The van der Waals surface area contributed by atoms with Gasteiger partial charge in [-0.25, -0.2) is 9.97 Å². The standard InChI is InChI=1S/C14H10N2/c1-3-7-11(8-4-1)14-15-12-9-5-2-6-10-13(12)16-14/h1-10H. The minimum atomic E-state index is 0.793. The van der Waals surface area contributed by atoms with Crippen LogP contribution in [0.25, 0.3) is 22.8 Å². The number of hydrogen-bond donors (Lipinski definition) is 0. The van der Waals surface area contributed by atoms with Crippen LogP contribution in [0.4, 0.5) is 0 Å². The first-order chi connectivity index (χ1) is 7.93. The lowest BCUT2D eigenvalue weighted by Gasteiger charge is -1.91. The summed E-state index contributed by atoms with van der Waals surface area (Å²) in [5.74, 6) is 0.793. The Balaban J connectivity index is 2.18. The molecule has 16 heavy (non-hydrogen) atoms. The maximum absolute atomic E-state index is 4.51. The predicted octanol–water partition coefficient (Wildman–Crippen LogP) is 3.25. The highest BCUT2D eigenvalue weighted by atomic mass is 14.9. The topological polar surface area (TPSA) is 25.8 Å². The quantitative estimate of drug-likeness (QED) is 0.610. The van der Waals surface area contributed by atoms with Crippen LogP contribution in [0.3, 0.4) is 0 Å². The maximum Gasteiger partial charge on any atom is 0.160 e. The van der Waals surface area contributed by atoms with E-state index in [4.69, 9.17) is 0 Å². The molecule has 1 aliphatic heterocycles. The van der Waals surface area contributed by atoms with E-state index in [1.165, 1.54) is 0 Å². The van der Waals surface area contributed by atoms with Crippen molar-refractivity contribution in [1.82, 2.24) is 9.97 Å². The van der Waals surface area contributed by atoms with Crippen molar-refractivity contribution in [3.63, 3.8) is 0 Å². The number of fused-ring (bicyclic) bond motifs is 1. The molecule has 0 unspecified atom stereocenters. The minimum Gasteiger partial charge on any atom is -0.226 e. The van der Waals surface area contributed by atoms with Gasteiger partial charge in [0.05, 0.1) is 11.4 Å². The zero-order chi connectivity index (χ0) is 10.8. The van der Waals surface area contributed by atoms with Crippen LogP contribution >= 0.6 is 0 Å². The molecule has 0 aromatic heterocycles. The van der Waals surface area contributed by atoms with Gasteiger partial charge in [0.15, 0.2) is 5.82 Å². The van der Waals surface area contributed by atoms with Gasteiger partial charge in [0.25, 0.3) is 0 Å². The number of hydrogen-bond acceptors (Lipinski definition) is 2. The van der Waals surface area contributed by atoms with Gasteiger partial charge in [-0.2, -0.15) is 0 Å². The minimum absolute atomic E-state index is 0.793. The van der Waals surface area contributed by atoms with Crippen LogP contribution in [-0.2, 0) is 0 Å². The molecule has 0 bridgehead atoms. The Kier molecular flexibility index (Phi) is 2.11. The lowest BCUT2D eigenvalue weighted by molar-refractivity contribution is 1.32. The summed E-state index contributed by atoms with van der Waals surface area (Å²) in [4.78, 5) is 9.02. The average Bonchev–Trinajstić information content (AvgIpc) is 2.62. The summed E-state index contributed by atoms with van der Waals surface area (Å²) in [6.45, 7) is 0. The first-order valence-corrected chi connectivity index (χ1v) is 5.22. The van der Waals surface area contributed by atoms with Crippen LogP contribution in [0.15, 0.2) is 60.7 Å². The smallest absolute Gasteiger partial charge is 0.160 e. The third-order valence-corrected chi connectivity index (χ3v) is 2.48. The third-order valence-electron chi connectivity index (χ3n) is 2.48. The van der Waals surface area contributed by atoms with Crippen molar-refractivity contribution < 1.29 is 0 Å². The van der Waals surface area contributed by atoms with Crippen LogP contribution in [0.2, 0.25) is 0 Å². The van der Waals surface area contributed by atoms with E-state index in [0.29, 0.717) is 0 Å². The molecule has 1 aliphatic carbocycles. The van der Waals surface area contributed by atoms with E-state index in [9.17, 15) is 0 Å². The van der Waals surface area contributed by atoms with Crippen LogP contribution in [-0.4, -0.2) is 9.97 Å². The molecule has 0 saturated heterocycles. The first-order valence-electron chi connectivity index (χ1n) is 5.22. The van der Waals surface area contributed by atoms with Crippen molar-refractivity contribution in [1.29, 1.82) is 0 Å².